The van der Waals surface area contributed by atoms with Crippen molar-refractivity contribution in [2.24, 2.45) is 5.41 Å². The molecule has 0 aliphatic carbocycles. The fourth-order valence-electron chi connectivity index (χ4n) is 1.86. The van der Waals surface area contributed by atoms with Crippen LogP contribution < -0.4 is 5.32 Å². The summed E-state index contributed by atoms with van der Waals surface area (Å²) in [5.74, 6) is -0.526. The lowest BCUT2D eigenvalue weighted by Crippen LogP contribution is -2.37. The van der Waals surface area contributed by atoms with Crippen molar-refractivity contribution >= 4 is 21.7 Å². The molecule has 1 amide bonds. The van der Waals surface area contributed by atoms with Crippen LogP contribution in [-0.4, -0.2) is 44.4 Å². The summed E-state index contributed by atoms with van der Waals surface area (Å²) in [5, 5.41) is 2.65. The van der Waals surface area contributed by atoms with Crippen LogP contribution in [0.1, 0.15) is 40.0 Å². The Hall–Kier alpha value is -1.11. The summed E-state index contributed by atoms with van der Waals surface area (Å²) < 4.78 is 27.9. The summed E-state index contributed by atoms with van der Waals surface area (Å²) in [4.78, 5) is 23.2. The van der Waals surface area contributed by atoms with Gasteiger partial charge in [-0.2, -0.15) is 0 Å². The van der Waals surface area contributed by atoms with Crippen LogP contribution in [0.5, 0.6) is 0 Å². The Labute approximate surface area is 120 Å². The molecule has 7 heteroatoms. The van der Waals surface area contributed by atoms with Crippen molar-refractivity contribution in [3.8, 4) is 0 Å². The highest BCUT2D eigenvalue weighted by Crippen LogP contribution is 2.16. The summed E-state index contributed by atoms with van der Waals surface area (Å²) in [6.07, 6.45) is 0.623. The minimum absolute atomic E-state index is 0.0539. The second-order valence-electron chi connectivity index (χ2n) is 6.12. The van der Waals surface area contributed by atoms with Crippen LogP contribution in [0.2, 0.25) is 0 Å². The van der Waals surface area contributed by atoms with Crippen molar-refractivity contribution in [3.63, 3.8) is 0 Å². The lowest BCUT2D eigenvalue weighted by atomic mass is 9.96. The average molecular weight is 305 g/mol. The van der Waals surface area contributed by atoms with Crippen molar-refractivity contribution in [2.45, 2.75) is 46.1 Å². The van der Waals surface area contributed by atoms with Gasteiger partial charge in [0.2, 0.25) is 5.91 Å². The molecule has 0 aromatic carbocycles. The van der Waals surface area contributed by atoms with Gasteiger partial charge >= 0.3 is 5.97 Å². The number of hydrogen-bond acceptors (Lipinski definition) is 5. The Bertz CT molecular complexity index is 464. The predicted molar refractivity (Wildman–Crippen MR) is 74.8 cm³/mol. The molecule has 1 N–H and O–H groups in total. The van der Waals surface area contributed by atoms with E-state index in [2.05, 4.69) is 5.32 Å². The molecule has 0 radical (unpaired) electrons. The highest BCUT2D eigenvalue weighted by atomic mass is 32.2. The first-order chi connectivity index (χ1) is 9.10. The molecule has 1 unspecified atom stereocenters. The van der Waals surface area contributed by atoms with Crippen molar-refractivity contribution in [1.82, 2.24) is 5.32 Å². The first-order valence-corrected chi connectivity index (χ1v) is 8.60. The fourth-order valence-corrected chi connectivity index (χ4v) is 3.44. The molecule has 0 aromatic heterocycles. The van der Waals surface area contributed by atoms with Gasteiger partial charge < -0.3 is 10.1 Å². The number of hydrogen-bond donors (Lipinski definition) is 1. The van der Waals surface area contributed by atoms with E-state index in [4.69, 9.17) is 4.74 Å². The molecule has 1 rings (SSSR count). The summed E-state index contributed by atoms with van der Waals surface area (Å²) in [5.41, 5.74) is -0.499. The van der Waals surface area contributed by atoms with E-state index in [0.717, 1.165) is 0 Å². The van der Waals surface area contributed by atoms with Crippen LogP contribution >= 0.6 is 0 Å². The summed E-state index contributed by atoms with van der Waals surface area (Å²) in [7, 11) is -3.08. The maximum Gasteiger partial charge on any atom is 0.307 e. The number of carbonyl (C=O) groups is 2. The molecule has 0 aromatic rings. The van der Waals surface area contributed by atoms with E-state index in [1.807, 2.05) is 0 Å². The molecule has 1 saturated heterocycles. The Morgan fingerprint density at radius 1 is 1.30 bits per heavy atom. The van der Waals surface area contributed by atoms with E-state index in [1.54, 1.807) is 20.8 Å². The third kappa shape index (κ3) is 5.90. The Kier molecular flexibility index (Phi) is 5.56. The molecule has 20 heavy (non-hydrogen) atoms. The molecule has 0 spiro atoms. The minimum atomic E-state index is -3.08. The number of sulfone groups is 1. The van der Waals surface area contributed by atoms with Crippen LogP contribution in [0.25, 0.3) is 0 Å². The van der Waals surface area contributed by atoms with Gasteiger partial charge in [-0.3, -0.25) is 9.59 Å². The molecule has 1 fully saturated rings. The predicted octanol–water partition coefficient (Wildman–Crippen LogP) is 0.659. The lowest BCUT2D eigenvalue weighted by Gasteiger charge is -2.22. The Balaban J connectivity index is 2.29. The van der Waals surface area contributed by atoms with Crippen molar-refractivity contribution in [3.05, 3.63) is 0 Å². The first-order valence-electron chi connectivity index (χ1n) is 6.78. The van der Waals surface area contributed by atoms with Gasteiger partial charge in [-0.15, -0.1) is 0 Å². The van der Waals surface area contributed by atoms with Gasteiger partial charge in [0, 0.05) is 12.0 Å². The van der Waals surface area contributed by atoms with Crippen molar-refractivity contribution in [2.75, 3.05) is 18.1 Å². The summed E-state index contributed by atoms with van der Waals surface area (Å²) in [6.45, 7) is 5.56. The van der Waals surface area contributed by atoms with Gasteiger partial charge in [0.25, 0.3) is 0 Å². The second kappa shape index (κ2) is 6.56. The fraction of sp³-hybridized carbons (Fsp3) is 0.846. The Morgan fingerprint density at radius 2 is 1.95 bits per heavy atom. The SMILES string of the molecule is CC(C)(C)C(=O)NCCC(=O)OC1CCCS(=O)(=O)C1. The first kappa shape index (κ1) is 16.9. The molecule has 1 aliphatic heterocycles. The van der Waals surface area contributed by atoms with E-state index in [1.165, 1.54) is 0 Å². The van der Waals surface area contributed by atoms with E-state index in [-0.39, 0.29) is 30.4 Å². The molecule has 1 heterocycles. The van der Waals surface area contributed by atoms with E-state index in [0.29, 0.717) is 12.8 Å². The van der Waals surface area contributed by atoms with Crippen LogP contribution in [-0.2, 0) is 24.2 Å². The highest BCUT2D eigenvalue weighted by Gasteiger charge is 2.27. The molecule has 0 bridgehead atoms. The molecule has 1 aliphatic rings. The Morgan fingerprint density at radius 3 is 2.50 bits per heavy atom. The van der Waals surface area contributed by atoms with Crippen molar-refractivity contribution < 1.29 is 22.7 Å². The summed E-state index contributed by atoms with van der Waals surface area (Å²) in [6, 6.07) is 0. The van der Waals surface area contributed by atoms with Gasteiger partial charge in [-0.25, -0.2) is 8.42 Å². The summed E-state index contributed by atoms with van der Waals surface area (Å²) >= 11 is 0. The van der Waals surface area contributed by atoms with Gasteiger partial charge in [-0.1, -0.05) is 20.8 Å². The lowest BCUT2D eigenvalue weighted by molar-refractivity contribution is -0.148. The minimum Gasteiger partial charge on any atom is -0.461 e. The van der Waals surface area contributed by atoms with Crippen LogP contribution in [0.15, 0.2) is 0 Å². The normalized spacial score (nSPS) is 22.1. The largest absolute Gasteiger partial charge is 0.461 e. The van der Waals surface area contributed by atoms with E-state index < -0.39 is 27.3 Å². The van der Waals surface area contributed by atoms with Crippen LogP contribution in [0.4, 0.5) is 0 Å². The number of amides is 1. The molecule has 0 saturated carbocycles. The number of esters is 1. The van der Waals surface area contributed by atoms with Gasteiger partial charge in [0.05, 0.1) is 17.9 Å². The van der Waals surface area contributed by atoms with Gasteiger partial charge in [-0.05, 0) is 12.8 Å². The van der Waals surface area contributed by atoms with Gasteiger partial charge in [0.15, 0.2) is 9.84 Å². The number of carbonyl (C=O) groups excluding carboxylic acids is 2. The zero-order chi connectivity index (χ0) is 15.4. The van der Waals surface area contributed by atoms with Crippen molar-refractivity contribution in [1.29, 1.82) is 0 Å². The molecule has 1 atom stereocenters. The van der Waals surface area contributed by atoms with Gasteiger partial charge in [0.1, 0.15) is 6.10 Å². The van der Waals surface area contributed by atoms with E-state index >= 15 is 0 Å². The smallest absolute Gasteiger partial charge is 0.307 e. The maximum absolute atomic E-state index is 11.6. The van der Waals surface area contributed by atoms with Crippen LogP contribution in [0, 0.1) is 5.41 Å². The number of ether oxygens (including phenoxy) is 1. The molecular formula is C13H23NO5S. The third-order valence-electron chi connectivity index (χ3n) is 3.02. The van der Waals surface area contributed by atoms with Crippen LogP contribution in [0.3, 0.4) is 0 Å². The molecule has 116 valence electrons. The molecular weight excluding hydrogens is 282 g/mol. The number of nitrogens with one attached hydrogen (secondary N) is 1. The third-order valence-corrected chi connectivity index (χ3v) is 4.81. The zero-order valence-electron chi connectivity index (χ0n) is 12.3. The maximum atomic E-state index is 11.6. The quantitative estimate of drug-likeness (QED) is 0.771. The molecule has 6 nitrogen and oxygen atoms in total. The number of rotatable bonds is 4. The monoisotopic (exact) mass is 305 g/mol. The average Bonchev–Trinajstić information content (AvgIpc) is 2.25. The standard InChI is InChI=1S/C13H23NO5S/c1-13(2,3)12(16)14-7-6-11(15)19-10-5-4-8-20(17,18)9-10/h10H,4-9H2,1-3H3,(H,14,16). The second-order valence-corrected chi connectivity index (χ2v) is 8.35. The highest BCUT2D eigenvalue weighted by molar-refractivity contribution is 7.91. The zero-order valence-corrected chi connectivity index (χ0v) is 13.1. The van der Waals surface area contributed by atoms with E-state index in [9.17, 15) is 18.0 Å². The topological polar surface area (TPSA) is 89.5 Å².